The maximum absolute atomic E-state index is 12.8. The summed E-state index contributed by atoms with van der Waals surface area (Å²) in [7, 11) is 0. The van der Waals surface area contributed by atoms with E-state index in [1.54, 1.807) is 6.92 Å². The molecule has 2 fully saturated rings. The van der Waals surface area contributed by atoms with Crippen molar-refractivity contribution in [2.75, 3.05) is 11.9 Å². The minimum absolute atomic E-state index is 0.102. The van der Waals surface area contributed by atoms with Crippen LogP contribution in [0.15, 0.2) is 24.3 Å². The number of amides is 3. The third-order valence-corrected chi connectivity index (χ3v) is 5.34. The van der Waals surface area contributed by atoms with E-state index in [1.807, 2.05) is 36.5 Å². The van der Waals surface area contributed by atoms with Gasteiger partial charge in [-0.3, -0.25) is 19.3 Å². The van der Waals surface area contributed by atoms with Gasteiger partial charge < -0.3 is 10.6 Å². The van der Waals surface area contributed by atoms with Crippen LogP contribution in [0.4, 0.5) is 5.69 Å². The molecule has 22 heavy (non-hydrogen) atoms. The van der Waals surface area contributed by atoms with Crippen molar-refractivity contribution in [3.05, 3.63) is 29.8 Å². The molecule has 6 heteroatoms. The van der Waals surface area contributed by atoms with Crippen molar-refractivity contribution in [2.45, 2.75) is 25.4 Å². The van der Waals surface area contributed by atoms with Crippen LogP contribution >= 0.6 is 0 Å². The van der Waals surface area contributed by atoms with E-state index < -0.39 is 17.4 Å². The SMILES string of the molecule is CCN1C(=O)[C@H]2[C@@H](C1=O)[C@@]1([NH2+][C@@H]2C)C(=O)Nc2ccccc21. The number of hydrogen-bond donors (Lipinski definition) is 2. The van der Waals surface area contributed by atoms with Crippen LogP contribution in [0.3, 0.4) is 0 Å². The van der Waals surface area contributed by atoms with E-state index in [0.717, 1.165) is 11.3 Å². The molecule has 3 aliphatic heterocycles. The number of nitrogens with one attached hydrogen (secondary N) is 1. The molecule has 3 N–H and O–H groups in total. The quantitative estimate of drug-likeness (QED) is 0.681. The first-order valence-corrected chi connectivity index (χ1v) is 7.64. The number of para-hydroxylation sites is 1. The fourth-order valence-electron chi connectivity index (χ4n) is 4.47. The predicted molar refractivity (Wildman–Crippen MR) is 77.5 cm³/mol. The Morgan fingerprint density at radius 1 is 1.23 bits per heavy atom. The molecule has 1 aromatic carbocycles. The van der Waals surface area contributed by atoms with Gasteiger partial charge >= 0.3 is 0 Å². The Labute approximate surface area is 127 Å². The van der Waals surface area contributed by atoms with Gasteiger partial charge in [-0.1, -0.05) is 18.2 Å². The Bertz CT molecular complexity index is 716. The van der Waals surface area contributed by atoms with Gasteiger partial charge in [-0.2, -0.15) is 0 Å². The standard InChI is InChI=1S/C16H17N3O3/c1-3-19-13(20)11-8(2)18-16(12(11)14(19)21)9-6-4-5-7-10(9)17-15(16)22/h4-8,11-12,18H,3H2,1-2H3,(H,17,22)/p+1/t8-,11-,12+,16-/m1/s1. The second kappa shape index (κ2) is 4.16. The molecule has 3 aliphatic rings. The fourth-order valence-corrected chi connectivity index (χ4v) is 4.47. The molecular formula is C16H18N3O3+. The van der Waals surface area contributed by atoms with Gasteiger partial charge in [0.1, 0.15) is 11.8 Å². The van der Waals surface area contributed by atoms with Gasteiger partial charge in [0.2, 0.25) is 17.4 Å². The van der Waals surface area contributed by atoms with Gasteiger partial charge in [-0.15, -0.1) is 0 Å². The lowest BCUT2D eigenvalue weighted by atomic mass is 9.76. The highest BCUT2D eigenvalue weighted by atomic mass is 16.2. The molecule has 114 valence electrons. The number of imide groups is 1. The summed E-state index contributed by atoms with van der Waals surface area (Å²) in [4.78, 5) is 39.4. The van der Waals surface area contributed by atoms with E-state index in [1.165, 1.54) is 4.90 Å². The lowest BCUT2D eigenvalue weighted by molar-refractivity contribution is -0.730. The van der Waals surface area contributed by atoms with E-state index >= 15 is 0 Å². The highest BCUT2D eigenvalue weighted by molar-refractivity contribution is 6.13. The minimum atomic E-state index is -1.00. The van der Waals surface area contributed by atoms with E-state index in [0.29, 0.717) is 6.54 Å². The molecule has 3 heterocycles. The summed E-state index contributed by atoms with van der Waals surface area (Å²) in [5.74, 6) is -1.59. The number of fused-ring (bicyclic) bond motifs is 4. The Morgan fingerprint density at radius 2 is 1.95 bits per heavy atom. The van der Waals surface area contributed by atoms with Crippen LogP contribution in [0.25, 0.3) is 0 Å². The van der Waals surface area contributed by atoms with Crippen molar-refractivity contribution >= 4 is 23.4 Å². The molecule has 1 spiro atoms. The zero-order chi connectivity index (χ0) is 15.6. The summed E-state index contributed by atoms with van der Waals surface area (Å²) in [6.07, 6.45) is 0. The van der Waals surface area contributed by atoms with Crippen molar-refractivity contribution < 1.29 is 19.7 Å². The Hall–Kier alpha value is -2.21. The summed E-state index contributed by atoms with van der Waals surface area (Å²) >= 11 is 0. The summed E-state index contributed by atoms with van der Waals surface area (Å²) in [5, 5.41) is 4.79. The average molecular weight is 300 g/mol. The number of benzene rings is 1. The lowest BCUT2D eigenvalue weighted by Crippen LogP contribution is -2.98. The summed E-state index contributed by atoms with van der Waals surface area (Å²) < 4.78 is 0. The molecular weight excluding hydrogens is 282 g/mol. The Balaban J connectivity index is 1.92. The molecule has 3 amide bonds. The topological polar surface area (TPSA) is 83.1 Å². The second-order valence-corrected chi connectivity index (χ2v) is 6.32. The summed E-state index contributed by atoms with van der Waals surface area (Å²) in [6, 6.07) is 7.34. The first-order chi connectivity index (χ1) is 10.5. The van der Waals surface area contributed by atoms with Crippen molar-refractivity contribution in [1.82, 2.24) is 4.90 Å². The number of quaternary nitrogens is 1. The fraction of sp³-hybridized carbons (Fsp3) is 0.438. The maximum Gasteiger partial charge on any atom is 0.291 e. The molecule has 0 unspecified atom stereocenters. The smallest absolute Gasteiger partial charge is 0.291 e. The normalized spacial score (nSPS) is 36.0. The number of carbonyl (C=O) groups excluding carboxylic acids is 3. The van der Waals surface area contributed by atoms with Crippen LogP contribution in [0.2, 0.25) is 0 Å². The van der Waals surface area contributed by atoms with Crippen molar-refractivity contribution in [1.29, 1.82) is 0 Å². The number of hydrogen-bond acceptors (Lipinski definition) is 3. The van der Waals surface area contributed by atoms with Crippen LogP contribution in [0, 0.1) is 11.8 Å². The number of likely N-dealkylation sites (tertiary alicyclic amines) is 1. The van der Waals surface area contributed by atoms with Crippen molar-refractivity contribution in [2.24, 2.45) is 11.8 Å². The van der Waals surface area contributed by atoms with Crippen LogP contribution in [-0.4, -0.2) is 35.2 Å². The van der Waals surface area contributed by atoms with Gasteiger partial charge in [0.15, 0.2) is 0 Å². The number of anilines is 1. The van der Waals surface area contributed by atoms with E-state index in [-0.39, 0.29) is 23.8 Å². The zero-order valence-corrected chi connectivity index (χ0v) is 12.5. The summed E-state index contributed by atoms with van der Waals surface area (Å²) in [5.41, 5.74) is 0.558. The van der Waals surface area contributed by atoms with Gasteiger partial charge in [0.25, 0.3) is 5.91 Å². The first kappa shape index (κ1) is 13.5. The number of nitrogens with zero attached hydrogens (tertiary/aromatic N) is 1. The van der Waals surface area contributed by atoms with E-state index in [9.17, 15) is 14.4 Å². The highest BCUT2D eigenvalue weighted by Crippen LogP contribution is 2.48. The third kappa shape index (κ3) is 1.31. The molecule has 0 radical (unpaired) electrons. The lowest BCUT2D eigenvalue weighted by Gasteiger charge is -2.25. The Kier molecular flexibility index (Phi) is 2.55. The molecule has 0 aromatic heterocycles. The molecule has 1 aromatic rings. The average Bonchev–Trinajstić information content (AvgIpc) is 3.05. The molecule has 4 rings (SSSR count). The number of carbonyl (C=O) groups is 3. The van der Waals surface area contributed by atoms with Crippen LogP contribution in [0.1, 0.15) is 19.4 Å². The van der Waals surface area contributed by atoms with Crippen LogP contribution in [0.5, 0.6) is 0 Å². The predicted octanol–water partition coefficient (Wildman–Crippen LogP) is -0.579. The first-order valence-electron chi connectivity index (χ1n) is 7.64. The highest BCUT2D eigenvalue weighted by Gasteiger charge is 2.73. The van der Waals surface area contributed by atoms with Crippen molar-refractivity contribution in [3.8, 4) is 0 Å². The third-order valence-electron chi connectivity index (χ3n) is 5.34. The zero-order valence-electron chi connectivity index (χ0n) is 12.5. The molecule has 6 nitrogen and oxygen atoms in total. The molecule has 0 aliphatic carbocycles. The Morgan fingerprint density at radius 3 is 2.68 bits per heavy atom. The number of nitrogens with two attached hydrogens (primary N) is 1. The molecule has 4 atom stereocenters. The minimum Gasteiger partial charge on any atom is -0.326 e. The molecule has 0 saturated carbocycles. The monoisotopic (exact) mass is 300 g/mol. The largest absolute Gasteiger partial charge is 0.326 e. The van der Waals surface area contributed by atoms with Gasteiger partial charge in [0.05, 0.1) is 11.7 Å². The van der Waals surface area contributed by atoms with Gasteiger partial charge in [-0.05, 0) is 19.9 Å². The van der Waals surface area contributed by atoms with Gasteiger partial charge in [0, 0.05) is 12.1 Å². The van der Waals surface area contributed by atoms with E-state index in [4.69, 9.17) is 0 Å². The van der Waals surface area contributed by atoms with Crippen LogP contribution in [-0.2, 0) is 19.9 Å². The molecule has 0 bridgehead atoms. The van der Waals surface area contributed by atoms with Crippen LogP contribution < -0.4 is 10.6 Å². The van der Waals surface area contributed by atoms with Gasteiger partial charge in [-0.25, -0.2) is 0 Å². The molecule has 2 saturated heterocycles. The second-order valence-electron chi connectivity index (χ2n) is 6.32. The van der Waals surface area contributed by atoms with E-state index in [2.05, 4.69) is 5.32 Å². The number of rotatable bonds is 1. The maximum atomic E-state index is 12.8. The van der Waals surface area contributed by atoms with Crippen molar-refractivity contribution in [3.63, 3.8) is 0 Å². The summed E-state index contributed by atoms with van der Waals surface area (Å²) in [6.45, 7) is 4.07.